The third kappa shape index (κ3) is 2.69. The van der Waals surface area contributed by atoms with Crippen LogP contribution in [0.4, 0.5) is 10.1 Å². The van der Waals surface area contributed by atoms with Crippen molar-refractivity contribution in [3.8, 4) is 0 Å². The van der Waals surface area contributed by atoms with Gasteiger partial charge in [-0.25, -0.2) is 4.39 Å². The van der Waals surface area contributed by atoms with Gasteiger partial charge in [-0.1, -0.05) is 12.1 Å². The second-order valence-corrected chi connectivity index (χ2v) is 3.90. The number of rotatable bonds is 1. The van der Waals surface area contributed by atoms with Gasteiger partial charge in [0, 0.05) is 19.6 Å². The van der Waals surface area contributed by atoms with Gasteiger partial charge in [0.05, 0.1) is 5.69 Å². The summed E-state index contributed by atoms with van der Waals surface area (Å²) in [6.45, 7) is 3.88. The van der Waals surface area contributed by atoms with Crippen molar-refractivity contribution in [1.29, 1.82) is 0 Å². The van der Waals surface area contributed by atoms with E-state index in [4.69, 9.17) is 0 Å². The monoisotopic (exact) mass is 208 g/mol. The van der Waals surface area contributed by atoms with Crippen molar-refractivity contribution >= 4 is 5.69 Å². The molecule has 1 aliphatic heterocycles. The summed E-state index contributed by atoms with van der Waals surface area (Å²) in [6.07, 6.45) is 2.30. The van der Waals surface area contributed by atoms with Crippen molar-refractivity contribution < 1.29 is 4.39 Å². The van der Waals surface area contributed by atoms with Crippen LogP contribution in [0.3, 0.4) is 0 Å². The van der Waals surface area contributed by atoms with E-state index in [1.807, 2.05) is 12.1 Å². The first-order valence-corrected chi connectivity index (χ1v) is 5.58. The van der Waals surface area contributed by atoms with Gasteiger partial charge < -0.3 is 10.2 Å². The second-order valence-electron chi connectivity index (χ2n) is 3.90. The van der Waals surface area contributed by atoms with Crippen LogP contribution in [0.15, 0.2) is 24.3 Å². The van der Waals surface area contributed by atoms with E-state index in [1.165, 1.54) is 12.5 Å². The lowest BCUT2D eigenvalue weighted by Gasteiger charge is -2.27. The van der Waals surface area contributed by atoms with Crippen molar-refractivity contribution in [2.75, 3.05) is 31.1 Å². The molecule has 0 amide bonds. The maximum absolute atomic E-state index is 13.5. The molecule has 1 heterocycles. The summed E-state index contributed by atoms with van der Waals surface area (Å²) in [5, 5.41) is 3.34. The molecule has 0 atom stereocenters. The van der Waals surface area contributed by atoms with Gasteiger partial charge in [-0.15, -0.1) is 0 Å². The van der Waals surface area contributed by atoms with E-state index in [1.54, 1.807) is 6.07 Å². The first-order valence-electron chi connectivity index (χ1n) is 5.58. The zero-order valence-corrected chi connectivity index (χ0v) is 8.88. The summed E-state index contributed by atoms with van der Waals surface area (Å²) in [5.41, 5.74) is 0.737. The molecule has 0 bridgehead atoms. The van der Waals surface area contributed by atoms with Crippen molar-refractivity contribution in [3.05, 3.63) is 30.1 Å². The molecular weight excluding hydrogens is 191 g/mol. The van der Waals surface area contributed by atoms with Gasteiger partial charge in [0.15, 0.2) is 0 Å². The molecule has 0 saturated carbocycles. The van der Waals surface area contributed by atoms with E-state index < -0.39 is 0 Å². The van der Waals surface area contributed by atoms with Crippen LogP contribution in [-0.2, 0) is 0 Å². The average molecular weight is 208 g/mol. The number of nitrogens with one attached hydrogen (secondary N) is 1. The molecule has 1 aromatic rings. The lowest BCUT2D eigenvalue weighted by atomic mass is 10.2. The van der Waals surface area contributed by atoms with Crippen LogP contribution in [-0.4, -0.2) is 26.2 Å². The Kier molecular flexibility index (Phi) is 3.56. The summed E-state index contributed by atoms with van der Waals surface area (Å²) < 4.78 is 13.5. The van der Waals surface area contributed by atoms with Crippen LogP contribution in [0.1, 0.15) is 12.8 Å². The number of benzene rings is 1. The van der Waals surface area contributed by atoms with Gasteiger partial charge in [0.25, 0.3) is 0 Å². The molecule has 2 rings (SSSR count). The fourth-order valence-corrected chi connectivity index (χ4v) is 1.95. The summed E-state index contributed by atoms with van der Waals surface area (Å²) in [7, 11) is 0. The second kappa shape index (κ2) is 5.12. The number of nitrogens with zero attached hydrogens (tertiary/aromatic N) is 1. The van der Waals surface area contributed by atoms with E-state index in [-0.39, 0.29) is 5.82 Å². The predicted molar refractivity (Wildman–Crippen MR) is 60.7 cm³/mol. The molecule has 82 valence electrons. The predicted octanol–water partition coefficient (Wildman–Crippen LogP) is 2.02. The van der Waals surface area contributed by atoms with E-state index in [0.717, 1.165) is 38.3 Å². The largest absolute Gasteiger partial charge is 0.368 e. The van der Waals surface area contributed by atoms with Gasteiger partial charge >= 0.3 is 0 Å². The van der Waals surface area contributed by atoms with Crippen molar-refractivity contribution in [3.63, 3.8) is 0 Å². The van der Waals surface area contributed by atoms with Crippen LogP contribution < -0.4 is 10.2 Å². The molecule has 0 aliphatic carbocycles. The van der Waals surface area contributed by atoms with Gasteiger partial charge in [-0.2, -0.15) is 0 Å². The zero-order valence-electron chi connectivity index (χ0n) is 8.88. The molecular formula is C12H17FN2. The number of halogens is 1. The molecule has 3 heteroatoms. The molecule has 1 saturated heterocycles. The van der Waals surface area contributed by atoms with E-state index in [9.17, 15) is 4.39 Å². The summed E-state index contributed by atoms with van der Waals surface area (Å²) in [4.78, 5) is 2.13. The molecule has 0 spiro atoms. The summed E-state index contributed by atoms with van der Waals surface area (Å²) in [6, 6.07) is 7.02. The number of hydrogen-bond donors (Lipinski definition) is 1. The van der Waals surface area contributed by atoms with Crippen LogP contribution in [0.5, 0.6) is 0 Å². The SMILES string of the molecule is Fc1ccccc1N1CCCCNCC1. The third-order valence-corrected chi connectivity index (χ3v) is 2.78. The molecule has 0 radical (unpaired) electrons. The highest BCUT2D eigenvalue weighted by Crippen LogP contribution is 2.19. The van der Waals surface area contributed by atoms with E-state index >= 15 is 0 Å². The quantitative estimate of drug-likeness (QED) is 0.759. The Morgan fingerprint density at radius 3 is 2.80 bits per heavy atom. The smallest absolute Gasteiger partial charge is 0.146 e. The lowest BCUT2D eigenvalue weighted by Crippen LogP contribution is -2.36. The number of hydrogen-bond acceptors (Lipinski definition) is 2. The van der Waals surface area contributed by atoms with E-state index in [2.05, 4.69) is 10.2 Å². The zero-order chi connectivity index (χ0) is 10.5. The Balaban J connectivity index is 2.10. The highest BCUT2D eigenvalue weighted by atomic mass is 19.1. The Hall–Kier alpha value is -1.09. The number of anilines is 1. The molecule has 1 aliphatic rings. The first kappa shape index (κ1) is 10.4. The van der Waals surface area contributed by atoms with Crippen LogP contribution in [0.25, 0.3) is 0 Å². The normalized spacial score (nSPS) is 18.3. The van der Waals surface area contributed by atoms with Crippen molar-refractivity contribution in [2.24, 2.45) is 0 Å². The average Bonchev–Trinajstić information content (AvgIpc) is 2.19. The molecule has 15 heavy (non-hydrogen) atoms. The Labute approximate surface area is 90.1 Å². The molecule has 1 aromatic carbocycles. The van der Waals surface area contributed by atoms with Crippen LogP contribution in [0, 0.1) is 5.82 Å². The standard InChI is InChI=1S/C12H17FN2/c13-11-5-1-2-6-12(11)15-9-4-3-7-14-8-10-15/h1-2,5-6,14H,3-4,7-10H2. The molecule has 0 unspecified atom stereocenters. The molecule has 0 aromatic heterocycles. The summed E-state index contributed by atoms with van der Waals surface area (Å²) >= 11 is 0. The van der Waals surface area contributed by atoms with Crippen LogP contribution >= 0.6 is 0 Å². The lowest BCUT2D eigenvalue weighted by molar-refractivity contribution is 0.554. The maximum Gasteiger partial charge on any atom is 0.146 e. The minimum Gasteiger partial charge on any atom is -0.368 e. The highest BCUT2D eigenvalue weighted by molar-refractivity contribution is 5.47. The fourth-order valence-electron chi connectivity index (χ4n) is 1.95. The van der Waals surface area contributed by atoms with Gasteiger partial charge in [0.1, 0.15) is 5.82 Å². The first-order chi connectivity index (χ1) is 7.38. The topological polar surface area (TPSA) is 15.3 Å². The Morgan fingerprint density at radius 1 is 1.07 bits per heavy atom. The maximum atomic E-state index is 13.5. The molecule has 1 fully saturated rings. The molecule has 2 nitrogen and oxygen atoms in total. The minimum atomic E-state index is -0.113. The highest BCUT2D eigenvalue weighted by Gasteiger charge is 2.11. The van der Waals surface area contributed by atoms with Crippen molar-refractivity contribution in [2.45, 2.75) is 12.8 Å². The van der Waals surface area contributed by atoms with Crippen LogP contribution in [0.2, 0.25) is 0 Å². The minimum absolute atomic E-state index is 0.113. The summed E-state index contributed by atoms with van der Waals surface area (Å²) in [5.74, 6) is -0.113. The van der Waals surface area contributed by atoms with Gasteiger partial charge in [-0.3, -0.25) is 0 Å². The Morgan fingerprint density at radius 2 is 1.93 bits per heavy atom. The fraction of sp³-hybridized carbons (Fsp3) is 0.500. The number of para-hydroxylation sites is 1. The van der Waals surface area contributed by atoms with E-state index in [0.29, 0.717) is 0 Å². The Bertz CT molecular complexity index is 306. The third-order valence-electron chi connectivity index (χ3n) is 2.78. The van der Waals surface area contributed by atoms with Gasteiger partial charge in [0.2, 0.25) is 0 Å². The van der Waals surface area contributed by atoms with Crippen molar-refractivity contribution in [1.82, 2.24) is 5.32 Å². The molecule has 1 N–H and O–H groups in total. The van der Waals surface area contributed by atoms with Gasteiger partial charge in [-0.05, 0) is 31.5 Å².